The Morgan fingerprint density at radius 2 is 1.68 bits per heavy atom. The number of carbonyl (C=O) groups excluding carboxylic acids is 1. The van der Waals surface area contributed by atoms with Crippen LogP contribution in [0.4, 0.5) is 0 Å². The Labute approximate surface area is 171 Å². The minimum atomic E-state index is -0.140. The average molecular weight is 401 g/mol. The molecule has 1 aliphatic rings. The summed E-state index contributed by atoms with van der Waals surface area (Å²) in [6, 6.07) is 16.3. The molecule has 0 bridgehead atoms. The number of piperazine rings is 1. The van der Waals surface area contributed by atoms with Gasteiger partial charge in [-0.05, 0) is 30.7 Å². The molecule has 1 heterocycles. The molecule has 2 aromatic rings. The molecule has 2 aromatic carbocycles. The predicted molar refractivity (Wildman–Crippen MR) is 113 cm³/mol. The molecule has 1 atom stereocenters. The molecular weight excluding hydrogens is 372 g/mol. The summed E-state index contributed by atoms with van der Waals surface area (Å²) in [4.78, 5) is 18.3. The van der Waals surface area contributed by atoms with Crippen LogP contribution in [-0.2, 0) is 11.3 Å². The highest BCUT2D eigenvalue weighted by Gasteiger charge is 2.25. The first-order valence-corrected chi connectivity index (χ1v) is 10.4. The summed E-state index contributed by atoms with van der Waals surface area (Å²) in [5.41, 5.74) is 1.32. The van der Waals surface area contributed by atoms with Gasteiger partial charge in [0.2, 0.25) is 5.91 Å². The van der Waals surface area contributed by atoms with E-state index in [-0.39, 0.29) is 11.2 Å². The molecule has 150 valence electrons. The van der Waals surface area contributed by atoms with Gasteiger partial charge in [-0.1, -0.05) is 30.3 Å². The minimum Gasteiger partial charge on any atom is -0.493 e. The van der Waals surface area contributed by atoms with Crippen molar-refractivity contribution in [1.29, 1.82) is 0 Å². The lowest BCUT2D eigenvalue weighted by atomic mass is 10.2. The SMILES string of the molecule is COc1ccc(S[C@H](C)C(=O)N2CCN(Cc3ccccc3)CC2)cc1OC. The number of thioether (sulfide) groups is 1. The van der Waals surface area contributed by atoms with Crippen LogP contribution < -0.4 is 9.47 Å². The second-order valence-electron chi connectivity index (χ2n) is 6.86. The molecule has 0 aromatic heterocycles. The first kappa shape index (κ1) is 20.6. The van der Waals surface area contributed by atoms with Crippen molar-refractivity contribution in [2.45, 2.75) is 23.6 Å². The van der Waals surface area contributed by atoms with E-state index in [2.05, 4.69) is 29.2 Å². The van der Waals surface area contributed by atoms with E-state index in [1.165, 1.54) is 5.56 Å². The van der Waals surface area contributed by atoms with Crippen molar-refractivity contribution in [3.8, 4) is 11.5 Å². The maximum atomic E-state index is 12.9. The first-order valence-electron chi connectivity index (χ1n) is 9.54. The molecule has 28 heavy (non-hydrogen) atoms. The van der Waals surface area contributed by atoms with Crippen LogP contribution in [0.3, 0.4) is 0 Å². The molecule has 0 spiro atoms. The van der Waals surface area contributed by atoms with Gasteiger partial charge in [0.25, 0.3) is 0 Å². The van der Waals surface area contributed by atoms with Crippen LogP contribution in [0.15, 0.2) is 53.4 Å². The third-order valence-electron chi connectivity index (χ3n) is 4.95. The van der Waals surface area contributed by atoms with Gasteiger partial charge in [0, 0.05) is 37.6 Å². The van der Waals surface area contributed by atoms with E-state index >= 15 is 0 Å². The highest BCUT2D eigenvalue weighted by Crippen LogP contribution is 2.34. The number of ether oxygens (including phenoxy) is 2. The molecule has 0 unspecified atom stereocenters. The van der Waals surface area contributed by atoms with Crippen molar-refractivity contribution in [2.24, 2.45) is 0 Å². The zero-order valence-corrected chi connectivity index (χ0v) is 17.6. The predicted octanol–water partition coefficient (Wildman–Crippen LogP) is 3.53. The third kappa shape index (κ3) is 5.20. The Morgan fingerprint density at radius 1 is 1.00 bits per heavy atom. The molecule has 0 aliphatic carbocycles. The summed E-state index contributed by atoms with van der Waals surface area (Å²) in [5, 5.41) is -0.140. The number of rotatable bonds is 7. The van der Waals surface area contributed by atoms with Crippen molar-refractivity contribution in [2.75, 3.05) is 40.4 Å². The number of nitrogens with zero attached hydrogens (tertiary/aromatic N) is 2. The Kier molecular flexibility index (Phi) is 7.23. The maximum absolute atomic E-state index is 12.9. The average Bonchev–Trinajstić information content (AvgIpc) is 2.74. The zero-order chi connectivity index (χ0) is 19.9. The second-order valence-corrected chi connectivity index (χ2v) is 8.28. The van der Waals surface area contributed by atoms with Crippen molar-refractivity contribution < 1.29 is 14.3 Å². The molecule has 6 heteroatoms. The zero-order valence-electron chi connectivity index (χ0n) is 16.8. The van der Waals surface area contributed by atoms with Crippen molar-refractivity contribution in [3.63, 3.8) is 0 Å². The van der Waals surface area contributed by atoms with Crippen LogP contribution >= 0.6 is 11.8 Å². The highest BCUT2D eigenvalue weighted by atomic mass is 32.2. The van der Waals surface area contributed by atoms with Gasteiger partial charge in [0.05, 0.1) is 19.5 Å². The number of carbonyl (C=O) groups is 1. The fourth-order valence-electron chi connectivity index (χ4n) is 3.37. The van der Waals surface area contributed by atoms with Crippen molar-refractivity contribution in [3.05, 3.63) is 54.1 Å². The van der Waals surface area contributed by atoms with Crippen LogP contribution in [0, 0.1) is 0 Å². The molecule has 1 saturated heterocycles. The summed E-state index contributed by atoms with van der Waals surface area (Å²) >= 11 is 1.56. The quantitative estimate of drug-likeness (QED) is 0.665. The van der Waals surface area contributed by atoms with Crippen LogP contribution in [0.1, 0.15) is 12.5 Å². The van der Waals surface area contributed by atoms with Crippen LogP contribution in [0.2, 0.25) is 0 Å². The van der Waals surface area contributed by atoms with Crippen molar-refractivity contribution >= 4 is 17.7 Å². The van der Waals surface area contributed by atoms with Gasteiger partial charge < -0.3 is 14.4 Å². The molecule has 1 aliphatic heterocycles. The minimum absolute atomic E-state index is 0.140. The van der Waals surface area contributed by atoms with E-state index in [1.807, 2.05) is 36.1 Å². The van der Waals surface area contributed by atoms with Gasteiger partial charge in [0.1, 0.15) is 0 Å². The largest absolute Gasteiger partial charge is 0.493 e. The van der Waals surface area contributed by atoms with E-state index in [1.54, 1.807) is 26.0 Å². The summed E-state index contributed by atoms with van der Waals surface area (Å²) in [6.07, 6.45) is 0. The number of hydrogen-bond acceptors (Lipinski definition) is 5. The molecular formula is C22H28N2O3S. The second kappa shape index (κ2) is 9.85. The summed E-state index contributed by atoms with van der Waals surface area (Å²) < 4.78 is 10.6. The molecule has 0 saturated carbocycles. The lowest BCUT2D eigenvalue weighted by Crippen LogP contribution is -2.50. The molecule has 0 radical (unpaired) electrons. The Balaban J connectivity index is 1.52. The van der Waals surface area contributed by atoms with Gasteiger partial charge in [0.15, 0.2) is 11.5 Å². The van der Waals surface area contributed by atoms with Crippen LogP contribution in [-0.4, -0.2) is 61.4 Å². The smallest absolute Gasteiger partial charge is 0.235 e. The number of benzene rings is 2. The highest BCUT2D eigenvalue weighted by molar-refractivity contribution is 8.00. The monoisotopic (exact) mass is 400 g/mol. The summed E-state index contributed by atoms with van der Waals surface area (Å²) in [6.45, 7) is 6.30. The number of hydrogen-bond donors (Lipinski definition) is 0. The lowest BCUT2D eigenvalue weighted by Gasteiger charge is -2.36. The van der Waals surface area contributed by atoms with Gasteiger partial charge >= 0.3 is 0 Å². The van der Waals surface area contributed by atoms with E-state index < -0.39 is 0 Å². The first-order chi connectivity index (χ1) is 13.6. The Bertz CT molecular complexity index is 777. The molecule has 1 amide bonds. The van der Waals surface area contributed by atoms with Gasteiger partial charge in [-0.2, -0.15) is 0 Å². The fraction of sp³-hybridized carbons (Fsp3) is 0.409. The summed E-state index contributed by atoms with van der Waals surface area (Å²) in [5.74, 6) is 1.57. The van der Waals surface area contributed by atoms with Crippen LogP contribution in [0.25, 0.3) is 0 Å². The molecule has 3 rings (SSSR count). The summed E-state index contributed by atoms with van der Waals surface area (Å²) in [7, 11) is 3.24. The standard InChI is InChI=1S/C22H28N2O3S/c1-17(28-19-9-10-20(26-2)21(15-19)27-3)22(25)24-13-11-23(12-14-24)16-18-7-5-4-6-8-18/h4-10,15,17H,11-14,16H2,1-3H3/t17-/m1/s1. The normalized spacial score (nSPS) is 15.9. The third-order valence-corrected chi connectivity index (χ3v) is 6.03. The lowest BCUT2D eigenvalue weighted by molar-refractivity contribution is -0.132. The fourth-order valence-corrected chi connectivity index (χ4v) is 4.35. The maximum Gasteiger partial charge on any atom is 0.235 e. The van der Waals surface area contributed by atoms with E-state index in [4.69, 9.17) is 9.47 Å². The molecule has 0 N–H and O–H groups in total. The number of amides is 1. The van der Waals surface area contributed by atoms with Gasteiger partial charge in [-0.3, -0.25) is 9.69 Å². The topological polar surface area (TPSA) is 42.0 Å². The van der Waals surface area contributed by atoms with Gasteiger partial charge in [-0.25, -0.2) is 0 Å². The van der Waals surface area contributed by atoms with E-state index in [0.29, 0.717) is 11.5 Å². The number of methoxy groups -OCH3 is 2. The molecule has 1 fully saturated rings. The molecule has 5 nitrogen and oxygen atoms in total. The Hall–Kier alpha value is -2.18. The van der Waals surface area contributed by atoms with E-state index in [9.17, 15) is 4.79 Å². The van der Waals surface area contributed by atoms with Crippen LogP contribution in [0.5, 0.6) is 11.5 Å². The van der Waals surface area contributed by atoms with E-state index in [0.717, 1.165) is 37.6 Å². The Morgan fingerprint density at radius 3 is 2.32 bits per heavy atom. The van der Waals surface area contributed by atoms with Gasteiger partial charge in [-0.15, -0.1) is 11.8 Å². The van der Waals surface area contributed by atoms with Crippen molar-refractivity contribution in [1.82, 2.24) is 9.80 Å².